The van der Waals surface area contributed by atoms with Crippen molar-refractivity contribution in [3.05, 3.63) is 0 Å². The molecule has 0 saturated carbocycles. The molecule has 5 heteroatoms. The molecule has 1 unspecified atom stereocenters. The summed E-state index contributed by atoms with van der Waals surface area (Å²) in [5.41, 5.74) is 0. The molecular formula is C21H41NO4. The molecule has 0 aliphatic carbocycles. The molecule has 0 aromatic carbocycles. The minimum atomic E-state index is -0.523. The second kappa shape index (κ2) is 17.3. The van der Waals surface area contributed by atoms with Crippen molar-refractivity contribution in [2.24, 2.45) is 5.92 Å². The third kappa shape index (κ3) is 13.2. The molecule has 0 aliphatic rings. The van der Waals surface area contributed by atoms with Gasteiger partial charge in [0.25, 0.3) is 0 Å². The number of carbonyl (C=O) groups is 2. The van der Waals surface area contributed by atoms with Crippen molar-refractivity contribution in [1.82, 2.24) is 5.32 Å². The molecule has 0 aromatic heterocycles. The molecule has 0 bridgehead atoms. The quantitative estimate of drug-likeness (QED) is 0.299. The van der Waals surface area contributed by atoms with Gasteiger partial charge in [-0.25, -0.2) is 4.79 Å². The van der Waals surface area contributed by atoms with Crippen molar-refractivity contribution in [2.45, 2.75) is 97.4 Å². The summed E-state index contributed by atoms with van der Waals surface area (Å²) < 4.78 is 10.1. The summed E-state index contributed by atoms with van der Waals surface area (Å²) in [5.74, 6) is -0.274. The van der Waals surface area contributed by atoms with E-state index >= 15 is 0 Å². The van der Waals surface area contributed by atoms with Crippen LogP contribution in [0, 0.1) is 5.92 Å². The second-order valence-electron chi connectivity index (χ2n) is 7.11. The lowest BCUT2D eigenvalue weighted by Gasteiger charge is -2.22. The lowest BCUT2D eigenvalue weighted by Crippen LogP contribution is -2.45. The number of ether oxygens (including phenoxy) is 2. The maximum Gasteiger partial charge on any atom is 0.328 e. The van der Waals surface area contributed by atoms with Crippen LogP contribution < -0.4 is 5.32 Å². The Bertz CT molecular complexity index is 360. The van der Waals surface area contributed by atoms with E-state index in [0.717, 1.165) is 32.3 Å². The van der Waals surface area contributed by atoms with Gasteiger partial charge >= 0.3 is 5.97 Å². The Morgan fingerprint density at radius 2 is 1.42 bits per heavy atom. The van der Waals surface area contributed by atoms with Crippen molar-refractivity contribution in [2.75, 3.05) is 20.3 Å². The summed E-state index contributed by atoms with van der Waals surface area (Å²) in [6.07, 6.45) is 12.0. The second-order valence-corrected chi connectivity index (χ2v) is 7.11. The molecule has 5 nitrogen and oxygen atoms in total. The van der Waals surface area contributed by atoms with Gasteiger partial charge < -0.3 is 14.8 Å². The van der Waals surface area contributed by atoms with Gasteiger partial charge in [-0.3, -0.25) is 4.79 Å². The van der Waals surface area contributed by atoms with E-state index in [1.54, 1.807) is 14.0 Å². The molecule has 154 valence electrons. The predicted molar refractivity (Wildman–Crippen MR) is 106 cm³/mol. The third-order valence-corrected chi connectivity index (χ3v) is 4.82. The Morgan fingerprint density at radius 1 is 0.885 bits per heavy atom. The van der Waals surface area contributed by atoms with Crippen molar-refractivity contribution in [1.29, 1.82) is 0 Å². The number of hydrogen-bond acceptors (Lipinski definition) is 4. The molecule has 0 rings (SSSR count). The first-order chi connectivity index (χ1) is 12.6. The van der Waals surface area contributed by atoms with E-state index in [-0.39, 0.29) is 17.8 Å². The zero-order valence-electron chi connectivity index (χ0n) is 17.5. The van der Waals surface area contributed by atoms with Crippen LogP contribution in [0.4, 0.5) is 0 Å². The highest BCUT2D eigenvalue weighted by Crippen LogP contribution is 2.12. The smallest absolute Gasteiger partial charge is 0.328 e. The zero-order valence-corrected chi connectivity index (χ0v) is 17.5. The summed E-state index contributed by atoms with van der Waals surface area (Å²) in [7, 11) is 1.75. The number of esters is 1. The Kier molecular flexibility index (Phi) is 16.6. The number of amides is 1. The van der Waals surface area contributed by atoms with Crippen LogP contribution in [0.5, 0.6) is 0 Å². The maximum atomic E-state index is 12.1. The lowest BCUT2D eigenvalue weighted by atomic mass is 9.99. The van der Waals surface area contributed by atoms with Crippen LogP contribution in [0.2, 0.25) is 0 Å². The number of unbranched alkanes of at least 4 members (excludes halogenated alkanes) is 8. The minimum Gasteiger partial charge on any atom is -0.464 e. The SMILES string of the molecule is CCOC(=O)[C@H](NC(=O)CCCCCCCCCCCOC)C(C)CC. The van der Waals surface area contributed by atoms with Gasteiger partial charge in [0.1, 0.15) is 6.04 Å². The molecule has 0 fully saturated rings. The van der Waals surface area contributed by atoms with Crippen LogP contribution in [0.25, 0.3) is 0 Å². The molecule has 0 spiro atoms. The van der Waals surface area contributed by atoms with Crippen molar-refractivity contribution >= 4 is 11.9 Å². The molecule has 0 aromatic rings. The van der Waals surface area contributed by atoms with Crippen molar-refractivity contribution in [3.63, 3.8) is 0 Å². The van der Waals surface area contributed by atoms with E-state index in [0.29, 0.717) is 13.0 Å². The van der Waals surface area contributed by atoms with Gasteiger partial charge in [0, 0.05) is 20.1 Å². The van der Waals surface area contributed by atoms with Crippen LogP contribution in [0.3, 0.4) is 0 Å². The van der Waals surface area contributed by atoms with E-state index in [2.05, 4.69) is 5.32 Å². The van der Waals surface area contributed by atoms with Crippen LogP contribution in [-0.2, 0) is 19.1 Å². The topological polar surface area (TPSA) is 64.6 Å². The molecule has 0 aliphatic heterocycles. The first-order valence-electron chi connectivity index (χ1n) is 10.5. The van der Waals surface area contributed by atoms with Gasteiger partial charge in [-0.1, -0.05) is 65.2 Å². The van der Waals surface area contributed by atoms with E-state index in [1.807, 2.05) is 13.8 Å². The number of carbonyl (C=O) groups excluding carboxylic acids is 2. The molecule has 26 heavy (non-hydrogen) atoms. The van der Waals surface area contributed by atoms with Crippen LogP contribution in [0.1, 0.15) is 91.4 Å². The Morgan fingerprint density at radius 3 is 1.92 bits per heavy atom. The summed E-state index contributed by atoms with van der Waals surface area (Å²) in [6.45, 7) is 6.98. The fourth-order valence-corrected chi connectivity index (χ4v) is 2.92. The average molecular weight is 372 g/mol. The largest absolute Gasteiger partial charge is 0.464 e. The number of nitrogens with one attached hydrogen (secondary N) is 1. The van der Waals surface area contributed by atoms with Gasteiger partial charge in [0.2, 0.25) is 5.91 Å². The fourth-order valence-electron chi connectivity index (χ4n) is 2.92. The average Bonchev–Trinajstić information content (AvgIpc) is 2.63. The van der Waals surface area contributed by atoms with Crippen molar-refractivity contribution in [3.8, 4) is 0 Å². The number of rotatable bonds is 17. The van der Waals surface area contributed by atoms with Gasteiger partial charge in [0.05, 0.1) is 6.61 Å². The highest BCUT2D eigenvalue weighted by Gasteiger charge is 2.26. The van der Waals surface area contributed by atoms with Gasteiger partial charge in [-0.2, -0.15) is 0 Å². The Hall–Kier alpha value is -1.10. The first kappa shape index (κ1) is 24.9. The molecule has 2 atom stereocenters. The van der Waals surface area contributed by atoms with E-state index in [1.165, 1.54) is 38.5 Å². The van der Waals surface area contributed by atoms with Crippen LogP contribution >= 0.6 is 0 Å². The number of hydrogen-bond donors (Lipinski definition) is 1. The molecule has 0 saturated heterocycles. The first-order valence-corrected chi connectivity index (χ1v) is 10.5. The monoisotopic (exact) mass is 371 g/mol. The molecule has 1 amide bonds. The lowest BCUT2D eigenvalue weighted by molar-refractivity contribution is -0.149. The van der Waals surface area contributed by atoms with E-state index < -0.39 is 6.04 Å². The minimum absolute atomic E-state index is 0.0403. The summed E-state index contributed by atoms with van der Waals surface area (Å²) in [4.78, 5) is 24.1. The highest BCUT2D eigenvalue weighted by atomic mass is 16.5. The van der Waals surface area contributed by atoms with E-state index in [4.69, 9.17) is 9.47 Å². The van der Waals surface area contributed by atoms with Crippen molar-refractivity contribution < 1.29 is 19.1 Å². The Balaban J connectivity index is 3.75. The van der Waals surface area contributed by atoms with Gasteiger partial charge in [0.15, 0.2) is 0 Å². The summed E-state index contributed by atoms with van der Waals surface area (Å²) in [5, 5.41) is 2.86. The Labute approximate surface area is 160 Å². The molecule has 1 N–H and O–H groups in total. The number of methoxy groups -OCH3 is 1. The summed E-state index contributed by atoms with van der Waals surface area (Å²) >= 11 is 0. The highest BCUT2D eigenvalue weighted by molar-refractivity contribution is 5.84. The molecule has 0 radical (unpaired) electrons. The van der Waals surface area contributed by atoms with Gasteiger partial charge in [-0.15, -0.1) is 0 Å². The molecular weight excluding hydrogens is 330 g/mol. The third-order valence-electron chi connectivity index (χ3n) is 4.82. The van der Waals surface area contributed by atoms with Crippen LogP contribution in [0.15, 0.2) is 0 Å². The zero-order chi connectivity index (χ0) is 19.6. The summed E-state index contributed by atoms with van der Waals surface area (Å²) in [6, 6.07) is -0.523. The predicted octanol–water partition coefficient (Wildman–Crippen LogP) is 4.63. The van der Waals surface area contributed by atoms with Gasteiger partial charge in [-0.05, 0) is 25.7 Å². The standard InChI is InChI=1S/C21H41NO4/c1-5-18(3)20(21(24)26-6-2)22-19(23)16-14-12-10-8-7-9-11-13-15-17-25-4/h18,20H,5-17H2,1-4H3,(H,22,23)/t18?,20-/m1/s1. The fraction of sp³-hybridized carbons (Fsp3) is 0.905. The van der Waals surface area contributed by atoms with Crippen LogP contribution in [-0.4, -0.2) is 38.2 Å². The molecule has 0 heterocycles. The normalized spacial score (nSPS) is 13.2. The van der Waals surface area contributed by atoms with E-state index in [9.17, 15) is 9.59 Å². The maximum absolute atomic E-state index is 12.1.